The molecule has 18 heavy (non-hydrogen) atoms. The number of aryl methyl sites for hydroxylation is 1. The second-order valence-electron chi connectivity index (χ2n) is 4.41. The first-order valence-corrected chi connectivity index (χ1v) is 5.89. The van der Waals surface area contributed by atoms with E-state index in [1.54, 1.807) is 19.0 Å². The summed E-state index contributed by atoms with van der Waals surface area (Å²) in [7, 11) is 3.56. The van der Waals surface area contributed by atoms with Crippen LogP contribution in [-0.2, 0) is 11.3 Å². The Hall–Kier alpha value is -1.75. The van der Waals surface area contributed by atoms with Gasteiger partial charge in [-0.15, -0.1) is 0 Å². The zero-order chi connectivity index (χ0) is 13.1. The molecule has 1 heterocycles. The molecule has 1 aromatic rings. The van der Waals surface area contributed by atoms with E-state index in [0.717, 1.165) is 22.6 Å². The first-order valence-electron chi connectivity index (χ1n) is 5.89. The number of carbonyl (C=O) groups excluding carboxylic acids is 1. The van der Waals surface area contributed by atoms with E-state index in [1.807, 2.05) is 19.1 Å². The van der Waals surface area contributed by atoms with Gasteiger partial charge in [-0.25, -0.2) is 0 Å². The van der Waals surface area contributed by atoms with Crippen molar-refractivity contribution in [2.24, 2.45) is 0 Å². The Morgan fingerprint density at radius 1 is 1.39 bits per heavy atom. The monoisotopic (exact) mass is 250 g/mol. The molecule has 0 aliphatic carbocycles. The van der Waals surface area contributed by atoms with Crippen LogP contribution in [0.5, 0.6) is 11.5 Å². The van der Waals surface area contributed by atoms with Crippen LogP contribution in [0.1, 0.15) is 11.1 Å². The van der Waals surface area contributed by atoms with E-state index >= 15 is 0 Å². The fourth-order valence-corrected chi connectivity index (χ4v) is 1.89. The largest absolute Gasteiger partial charge is 0.454 e. The minimum absolute atomic E-state index is 0.0644. The molecule has 0 fully saturated rings. The molecule has 5 heteroatoms. The van der Waals surface area contributed by atoms with Crippen LogP contribution < -0.4 is 14.8 Å². The number of rotatable bonds is 4. The zero-order valence-corrected chi connectivity index (χ0v) is 10.9. The summed E-state index contributed by atoms with van der Waals surface area (Å²) in [6.45, 7) is 3.20. The fraction of sp³-hybridized carbons (Fsp3) is 0.462. The number of hydrogen-bond donors (Lipinski definition) is 1. The molecule has 0 saturated heterocycles. The van der Waals surface area contributed by atoms with E-state index in [9.17, 15) is 4.79 Å². The Bertz CT molecular complexity index is 460. The van der Waals surface area contributed by atoms with Crippen LogP contribution >= 0.6 is 0 Å². The highest BCUT2D eigenvalue weighted by Gasteiger charge is 2.17. The van der Waals surface area contributed by atoms with E-state index in [0.29, 0.717) is 13.1 Å². The topological polar surface area (TPSA) is 50.8 Å². The number of benzene rings is 1. The van der Waals surface area contributed by atoms with Gasteiger partial charge in [-0.3, -0.25) is 4.79 Å². The van der Waals surface area contributed by atoms with Gasteiger partial charge in [0.15, 0.2) is 11.5 Å². The zero-order valence-electron chi connectivity index (χ0n) is 10.9. The van der Waals surface area contributed by atoms with Crippen LogP contribution in [0.2, 0.25) is 0 Å². The number of nitrogens with one attached hydrogen (secondary N) is 1. The summed E-state index contributed by atoms with van der Waals surface area (Å²) >= 11 is 0. The molecule has 0 saturated carbocycles. The molecule has 0 radical (unpaired) electrons. The van der Waals surface area contributed by atoms with E-state index in [4.69, 9.17) is 9.47 Å². The lowest BCUT2D eigenvalue weighted by atomic mass is 10.1. The highest BCUT2D eigenvalue weighted by Crippen LogP contribution is 2.34. The standard InChI is InChI=1S/C13H18N2O3/c1-9-4-11-12(18-8-17-11)5-10(9)7-15(3)13(16)6-14-2/h4-5,14H,6-8H2,1-3H3. The number of nitrogens with zero attached hydrogens (tertiary/aromatic N) is 1. The predicted molar refractivity (Wildman–Crippen MR) is 67.7 cm³/mol. The molecule has 1 N–H and O–H groups in total. The first-order chi connectivity index (χ1) is 8.61. The van der Waals surface area contributed by atoms with Gasteiger partial charge in [-0.05, 0) is 37.2 Å². The van der Waals surface area contributed by atoms with Gasteiger partial charge in [0.2, 0.25) is 12.7 Å². The molecule has 0 spiro atoms. The molecule has 2 rings (SSSR count). The Labute approximate surface area is 107 Å². The van der Waals surface area contributed by atoms with Gasteiger partial charge < -0.3 is 19.7 Å². The summed E-state index contributed by atoms with van der Waals surface area (Å²) in [5, 5.41) is 2.85. The van der Waals surface area contributed by atoms with Gasteiger partial charge >= 0.3 is 0 Å². The normalized spacial score (nSPS) is 12.6. The first kappa shape index (κ1) is 12.7. The molecule has 1 aliphatic heterocycles. The lowest BCUT2D eigenvalue weighted by Gasteiger charge is -2.18. The third-order valence-corrected chi connectivity index (χ3v) is 2.99. The number of amides is 1. The molecule has 1 aromatic carbocycles. The maximum atomic E-state index is 11.7. The number of likely N-dealkylation sites (N-methyl/N-ethyl adjacent to an activating group) is 2. The summed E-state index contributed by atoms with van der Waals surface area (Å²) in [5.74, 6) is 1.60. The predicted octanol–water partition coefficient (Wildman–Crippen LogP) is 0.902. The summed E-state index contributed by atoms with van der Waals surface area (Å²) < 4.78 is 10.7. The second-order valence-corrected chi connectivity index (χ2v) is 4.41. The fourth-order valence-electron chi connectivity index (χ4n) is 1.89. The van der Waals surface area contributed by atoms with Crippen LogP contribution in [0.25, 0.3) is 0 Å². The Morgan fingerprint density at radius 2 is 2.06 bits per heavy atom. The van der Waals surface area contributed by atoms with Crippen molar-refractivity contribution >= 4 is 5.91 Å². The lowest BCUT2D eigenvalue weighted by molar-refractivity contribution is -0.129. The maximum Gasteiger partial charge on any atom is 0.236 e. The second kappa shape index (κ2) is 5.27. The van der Waals surface area contributed by atoms with Crippen molar-refractivity contribution in [1.29, 1.82) is 0 Å². The van der Waals surface area contributed by atoms with Crippen LogP contribution in [0, 0.1) is 6.92 Å². The quantitative estimate of drug-likeness (QED) is 0.862. The van der Waals surface area contributed by atoms with Crippen LogP contribution in [0.15, 0.2) is 12.1 Å². The van der Waals surface area contributed by atoms with Crippen molar-refractivity contribution in [3.05, 3.63) is 23.3 Å². The smallest absolute Gasteiger partial charge is 0.236 e. The molecule has 1 amide bonds. The molecule has 0 atom stereocenters. The average Bonchev–Trinajstić information content (AvgIpc) is 2.76. The summed E-state index contributed by atoms with van der Waals surface area (Å²) in [6.07, 6.45) is 0. The van der Waals surface area contributed by atoms with Crippen LogP contribution in [0.4, 0.5) is 0 Å². The van der Waals surface area contributed by atoms with E-state index in [1.165, 1.54) is 0 Å². The average molecular weight is 250 g/mol. The highest BCUT2D eigenvalue weighted by atomic mass is 16.7. The van der Waals surface area contributed by atoms with Gasteiger partial charge in [-0.1, -0.05) is 0 Å². The van der Waals surface area contributed by atoms with E-state index in [2.05, 4.69) is 5.32 Å². The van der Waals surface area contributed by atoms with Crippen LogP contribution in [-0.4, -0.2) is 38.2 Å². The summed E-state index contributed by atoms with van der Waals surface area (Å²) in [6, 6.07) is 3.90. The van der Waals surface area contributed by atoms with Gasteiger partial charge in [0.1, 0.15) is 0 Å². The molecule has 0 unspecified atom stereocenters. The van der Waals surface area contributed by atoms with Crippen molar-refractivity contribution in [3.8, 4) is 11.5 Å². The van der Waals surface area contributed by atoms with E-state index < -0.39 is 0 Å². The van der Waals surface area contributed by atoms with Crippen molar-refractivity contribution in [1.82, 2.24) is 10.2 Å². The van der Waals surface area contributed by atoms with Crippen molar-refractivity contribution in [2.45, 2.75) is 13.5 Å². The minimum Gasteiger partial charge on any atom is -0.454 e. The van der Waals surface area contributed by atoms with E-state index in [-0.39, 0.29) is 12.7 Å². The molecule has 0 aromatic heterocycles. The molecular formula is C13H18N2O3. The van der Waals surface area contributed by atoms with Crippen molar-refractivity contribution in [3.63, 3.8) is 0 Å². The van der Waals surface area contributed by atoms with Gasteiger partial charge in [0, 0.05) is 13.6 Å². The minimum atomic E-state index is 0.0644. The summed E-state index contributed by atoms with van der Waals surface area (Å²) in [5.41, 5.74) is 2.18. The Morgan fingerprint density at radius 3 is 2.72 bits per heavy atom. The molecular weight excluding hydrogens is 232 g/mol. The molecule has 5 nitrogen and oxygen atoms in total. The van der Waals surface area contributed by atoms with Crippen molar-refractivity contribution in [2.75, 3.05) is 27.4 Å². The molecule has 1 aliphatic rings. The van der Waals surface area contributed by atoms with Crippen LogP contribution in [0.3, 0.4) is 0 Å². The Balaban J connectivity index is 2.12. The maximum absolute atomic E-state index is 11.7. The number of carbonyl (C=O) groups is 1. The van der Waals surface area contributed by atoms with Crippen molar-refractivity contribution < 1.29 is 14.3 Å². The number of hydrogen-bond acceptors (Lipinski definition) is 4. The summed E-state index contributed by atoms with van der Waals surface area (Å²) in [4.78, 5) is 13.4. The highest BCUT2D eigenvalue weighted by molar-refractivity contribution is 5.78. The third-order valence-electron chi connectivity index (χ3n) is 2.99. The number of ether oxygens (including phenoxy) is 2. The number of fused-ring (bicyclic) bond motifs is 1. The third kappa shape index (κ3) is 2.56. The van der Waals surface area contributed by atoms with Gasteiger partial charge in [0.25, 0.3) is 0 Å². The Kier molecular flexibility index (Phi) is 3.72. The van der Waals surface area contributed by atoms with Gasteiger partial charge in [-0.2, -0.15) is 0 Å². The molecule has 0 bridgehead atoms. The molecule has 98 valence electrons. The lowest BCUT2D eigenvalue weighted by Crippen LogP contribution is -2.33. The SMILES string of the molecule is CNCC(=O)N(C)Cc1cc2c(cc1C)OCO2. The van der Waals surface area contributed by atoms with Gasteiger partial charge in [0.05, 0.1) is 6.54 Å².